The van der Waals surface area contributed by atoms with Crippen LogP contribution >= 0.6 is 15.9 Å². The van der Waals surface area contributed by atoms with E-state index in [4.69, 9.17) is 0 Å². The maximum Gasteiger partial charge on any atom is 0.417 e. The lowest BCUT2D eigenvalue weighted by Gasteiger charge is -2.10. The Morgan fingerprint density at radius 1 is 1.29 bits per heavy atom. The summed E-state index contributed by atoms with van der Waals surface area (Å²) in [6.45, 7) is 0. The second-order valence-electron chi connectivity index (χ2n) is 2.47. The molecular formula is C8H3BrF4O. The zero-order chi connectivity index (χ0) is 10.9. The Labute approximate surface area is 84.9 Å². The van der Waals surface area contributed by atoms with E-state index in [-0.39, 0.29) is 11.8 Å². The minimum Gasteiger partial charge on any atom is -0.298 e. The van der Waals surface area contributed by atoms with E-state index in [1.165, 1.54) is 0 Å². The number of hydrogen-bond acceptors (Lipinski definition) is 1. The summed E-state index contributed by atoms with van der Waals surface area (Å²) in [4.78, 5) is 10.3. The van der Waals surface area contributed by atoms with Crippen LogP contribution in [0.2, 0.25) is 0 Å². The predicted octanol–water partition coefficient (Wildman–Crippen LogP) is 3.42. The number of aldehydes is 1. The van der Waals surface area contributed by atoms with Crippen LogP contribution in [0.5, 0.6) is 0 Å². The molecule has 6 heteroatoms. The smallest absolute Gasteiger partial charge is 0.298 e. The zero-order valence-corrected chi connectivity index (χ0v) is 8.12. The summed E-state index contributed by atoms with van der Waals surface area (Å²) in [5, 5.41) is 0. The number of hydrogen-bond donors (Lipinski definition) is 0. The highest BCUT2D eigenvalue weighted by molar-refractivity contribution is 9.10. The van der Waals surface area contributed by atoms with Crippen LogP contribution in [0.15, 0.2) is 16.6 Å². The number of carbonyl (C=O) groups excluding carboxylic acids is 1. The maximum atomic E-state index is 12.6. The molecule has 0 aliphatic rings. The molecule has 0 aliphatic carbocycles. The Bertz CT molecular complexity index is 372. The number of halogens is 5. The molecule has 1 nitrogen and oxygen atoms in total. The Morgan fingerprint density at radius 3 is 2.29 bits per heavy atom. The minimum atomic E-state index is -4.68. The third-order valence-corrected chi connectivity index (χ3v) is 2.38. The Kier molecular flexibility index (Phi) is 2.94. The molecule has 0 fully saturated rings. The minimum absolute atomic E-state index is 0.155. The first-order chi connectivity index (χ1) is 6.36. The third-order valence-electron chi connectivity index (χ3n) is 1.50. The normalized spacial score (nSPS) is 11.5. The largest absolute Gasteiger partial charge is 0.417 e. The molecular weight excluding hydrogens is 268 g/mol. The van der Waals surface area contributed by atoms with E-state index >= 15 is 0 Å². The van der Waals surface area contributed by atoms with Gasteiger partial charge in [0.05, 0.1) is 5.56 Å². The first-order valence-corrected chi connectivity index (χ1v) is 4.17. The lowest BCUT2D eigenvalue weighted by Crippen LogP contribution is -2.08. The summed E-state index contributed by atoms with van der Waals surface area (Å²) < 4.78 is 48.9. The molecule has 0 radical (unpaired) electrons. The lowest BCUT2D eigenvalue weighted by atomic mass is 10.1. The highest BCUT2D eigenvalue weighted by Gasteiger charge is 2.34. The van der Waals surface area contributed by atoms with Crippen molar-refractivity contribution >= 4 is 22.2 Å². The molecule has 0 aromatic heterocycles. The molecule has 0 heterocycles. The van der Waals surface area contributed by atoms with Crippen molar-refractivity contribution in [3.8, 4) is 0 Å². The number of rotatable bonds is 1. The van der Waals surface area contributed by atoms with Gasteiger partial charge in [-0.25, -0.2) is 4.39 Å². The Morgan fingerprint density at radius 2 is 1.86 bits per heavy atom. The van der Waals surface area contributed by atoms with E-state index in [1.54, 1.807) is 0 Å². The summed E-state index contributed by atoms with van der Waals surface area (Å²) in [5.41, 5.74) is -1.56. The molecule has 14 heavy (non-hydrogen) atoms. The van der Waals surface area contributed by atoms with E-state index < -0.39 is 22.0 Å². The fraction of sp³-hybridized carbons (Fsp3) is 0.125. The molecule has 1 rings (SSSR count). The summed E-state index contributed by atoms with van der Waals surface area (Å²) in [6.07, 6.45) is -4.53. The van der Waals surface area contributed by atoms with Crippen LogP contribution in [0.4, 0.5) is 17.6 Å². The van der Waals surface area contributed by atoms with E-state index in [2.05, 4.69) is 15.9 Å². The highest BCUT2D eigenvalue weighted by Crippen LogP contribution is 2.36. The van der Waals surface area contributed by atoms with Gasteiger partial charge in [0.2, 0.25) is 0 Å². The molecule has 0 spiro atoms. The summed E-state index contributed by atoms with van der Waals surface area (Å²) in [5.74, 6) is -1.09. The molecule has 0 aliphatic heterocycles. The standard InChI is InChI=1S/C8H3BrF4O/c9-7-4(3-14)1-5(10)2-6(7)8(11,12)13/h1-3H. The van der Waals surface area contributed by atoms with Crippen molar-refractivity contribution in [2.45, 2.75) is 6.18 Å². The van der Waals surface area contributed by atoms with Gasteiger partial charge in [-0.05, 0) is 28.1 Å². The topological polar surface area (TPSA) is 17.1 Å². The average Bonchev–Trinajstić information content (AvgIpc) is 2.06. The van der Waals surface area contributed by atoms with Gasteiger partial charge in [-0.1, -0.05) is 0 Å². The van der Waals surface area contributed by atoms with Crippen molar-refractivity contribution in [2.75, 3.05) is 0 Å². The van der Waals surface area contributed by atoms with Crippen molar-refractivity contribution in [2.24, 2.45) is 0 Å². The van der Waals surface area contributed by atoms with E-state index in [0.717, 1.165) is 6.07 Å². The quantitative estimate of drug-likeness (QED) is 0.565. The molecule has 0 saturated carbocycles. The van der Waals surface area contributed by atoms with Gasteiger partial charge in [0, 0.05) is 10.0 Å². The fourth-order valence-electron chi connectivity index (χ4n) is 0.902. The first-order valence-electron chi connectivity index (χ1n) is 3.37. The number of carbonyl (C=O) groups is 1. The maximum absolute atomic E-state index is 12.6. The van der Waals surface area contributed by atoms with E-state index in [1.807, 2.05) is 0 Å². The van der Waals surface area contributed by atoms with Crippen molar-refractivity contribution in [3.63, 3.8) is 0 Å². The van der Waals surface area contributed by atoms with Crippen molar-refractivity contribution in [3.05, 3.63) is 33.5 Å². The van der Waals surface area contributed by atoms with Gasteiger partial charge < -0.3 is 0 Å². The van der Waals surface area contributed by atoms with Crippen LogP contribution in [0.25, 0.3) is 0 Å². The molecule has 0 amide bonds. The molecule has 0 saturated heterocycles. The monoisotopic (exact) mass is 270 g/mol. The van der Waals surface area contributed by atoms with Gasteiger partial charge in [-0.15, -0.1) is 0 Å². The second-order valence-corrected chi connectivity index (χ2v) is 3.27. The van der Waals surface area contributed by atoms with E-state index in [9.17, 15) is 22.4 Å². The van der Waals surface area contributed by atoms with Crippen LogP contribution in [0.3, 0.4) is 0 Å². The van der Waals surface area contributed by atoms with Gasteiger partial charge in [0.25, 0.3) is 0 Å². The molecule has 76 valence electrons. The van der Waals surface area contributed by atoms with Gasteiger partial charge in [-0.2, -0.15) is 13.2 Å². The second kappa shape index (κ2) is 3.68. The molecule has 0 bridgehead atoms. The lowest BCUT2D eigenvalue weighted by molar-refractivity contribution is -0.138. The summed E-state index contributed by atoms with van der Waals surface area (Å²) in [7, 11) is 0. The summed E-state index contributed by atoms with van der Waals surface area (Å²) in [6, 6.07) is 1.06. The van der Waals surface area contributed by atoms with Gasteiger partial charge in [-0.3, -0.25) is 4.79 Å². The molecule has 0 atom stereocenters. The molecule has 1 aromatic rings. The van der Waals surface area contributed by atoms with Crippen molar-refractivity contribution in [1.29, 1.82) is 0 Å². The summed E-state index contributed by atoms with van der Waals surface area (Å²) >= 11 is 2.59. The highest BCUT2D eigenvalue weighted by atomic mass is 79.9. The van der Waals surface area contributed by atoms with Crippen LogP contribution in [-0.2, 0) is 6.18 Å². The van der Waals surface area contributed by atoms with Crippen molar-refractivity contribution < 1.29 is 22.4 Å². The zero-order valence-electron chi connectivity index (χ0n) is 6.53. The number of alkyl halides is 3. The van der Waals surface area contributed by atoms with Crippen LogP contribution in [0, 0.1) is 5.82 Å². The van der Waals surface area contributed by atoms with Crippen LogP contribution in [-0.4, -0.2) is 6.29 Å². The van der Waals surface area contributed by atoms with Crippen molar-refractivity contribution in [1.82, 2.24) is 0 Å². The molecule has 0 unspecified atom stereocenters. The first kappa shape index (κ1) is 11.2. The van der Waals surface area contributed by atoms with E-state index in [0.29, 0.717) is 6.07 Å². The SMILES string of the molecule is O=Cc1cc(F)cc(C(F)(F)F)c1Br. The average molecular weight is 271 g/mol. The molecule has 1 aromatic carbocycles. The Balaban J connectivity index is 3.44. The Hall–Kier alpha value is -0.910. The van der Waals surface area contributed by atoms with Gasteiger partial charge in [0.15, 0.2) is 6.29 Å². The fourth-order valence-corrected chi connectivity index (χ4v) is 1.45. The third kappa shape index (κ3) is 2.12. The number of benzene rings is 1. The molecule has 0 N–H and O–H groups in total. The van der Waals surface area contributed by atoms with Crippen LogP contribution < -0.4 is 0 Å². The predicted molar refractivity (Wildman–Crippen MR) is 44.5 cm³/mol. The van der Waals surface area contributed by atoms with Crippen LogP contribution in [0.1, 0.15) is 15.9 Å². The van der Waals surface area contributed by atoms with Gasteiger partial charge >= 0.3 is 6.18 Å². The van der Waals surface area contributed by atoms with Gasteiger partial charge in [0.1, 0.15) is 5.82 Å².